The molecule has 33 heavy (non-hydrogen) atoms. The highest BCUT2D eigenvalue weighted by Crippen LogP contribution is 2.61. The number of esters is 1. The Labute approximate surface area is 196 Å². The lowest BCUT2D eigenvalue weighted by molar-refractivity contribution is -0.159. The number of carbonyl (C=O) groups is 2. The van der Waals surface area contributed by atoms with Gasteiger partial charge < -0.3 is 14.7 Å². The van der Waals surface area contributed by atoms with Gasteiger partial charge in [-0.2, -0.15) is 13.2 Å². The lowest BCUT2D eigenvalue weighted by atomic mass is 9.81. The number of ether oxygens (including phenoxy) is 1. The van der Waals surface area contributed by atoms with Gasteiger partial charge in [-0.25, -0.2) is 4.79 Å². The highest BCUT2D eigenvalue weighted by Gasteiger charge is 2.65. The highest BCUT2D eigenvalue weighted by atomic mass is 32.1. The molecule has 184 valence electrons. The second-order valence-corrected chi connectivity index (χ2v) is 11.1. The van der Waals surface area contributed by atoms with Gasteiger partial charge in [-0.1, -0.05) is 6.92 Å². The van der Waals surface area contributed by atoms with Crippen LogP contribution in [0.4, 0.5) is 18.9 Å². The molecule has 1 aromatic heterocycles. The van der Waals surface area contributed by atoms with Gasteiger partial charge in [0.25, 0.3) is 0 Å². The molecule has 0 spiro atoms. The zero-order valence-electron chi connectivity index (χ0n) is 19.1. The minimum atomic E-state index is -4.41. The smallest absolute Gasteiger partial charge is 0.399 e. The van der Waals surface area contributed by atoms with Crippen LogP contribution >= 0.6 is 11.3 Å². The summed E-state index contributed by atoms with van der Waals surface area (Å²) in [5.41, 5.74) is -1.68. The molecule has 1 N–H and O–H groups in total. The molecule has 1 aromatic rings. The molecule has 0 radical (unpaired) electrons. The summed E-state index contributed by atoms with van der Waals surface area (Å²) >= 11 is 0.808. The van der Waals surface area contributed by atoms with Crippen LogP contribution in [0.3, 0.4) is 0 Å². The molecule has 3 aliphatic carbocycles. The Morgan fingerprint density at radius 2 is 1.70 bits per heavy atom. The van der Waals surface area contributed by atoms with Crippen molar-refractivity contribution in [3.05, 3.63) is 15.8 Å². The Morgan fingerprint density at radius 1 is 1.09 bits per heavy atom. The van der Waals surface area contributed by atoms with Gasteiger partial charge in [0.2, 0.25) is 5.91 Å². The third kappa shape index (κ3) is 4.67. The van der Waals surface area contributed by atoms with Crippen LogP contribution in [0.1, 0.15) is 85.7 Å². The van der Waals surface area contributed by atoms with Gasteiger partial charge in [0.05, 0.1) is 18.9 Å². The first-order valence-electron chi connectivity index (χ1n) is 11.9. The van der Waals surface area contributed by atoms with E-state index in [4.69, 9.17) is 4.74 Å². The van der Waals surface area contributed by atoms with Gasteiger partial charge in [0, 0.05) is 16.8 Å². The van der Waals surface area contributed by atoms with Gasteiger partial charge in [-0.05, 0) is 76.2 Å². The number of thiophene rings is 1. The van der Waals surface area contributed by atoms with Crippen LogP contribution in [0.25, 0.3) is 0 Å². The van der Waals surface area contributed by atoms with E-state index in [9.17, 15) is 27.9 Å². The van der Waals surface area contributed by atoms with Crippen LogP contribution in [-0.4, -0.2) is 42.4 Å². The van der Waals surface area contributed by atoms with Crippen molar-refractivity contribution >= 4 is 28.9 Å². The van der Waals surface area contributed by atoms with Crippen molar-refractivity contribution in [3.8, 4) is 0 Å². The predicted octanol–water partition coefficient (Wildman–Crippen LogP) is 5.59. The monoisotopic (exact) mass is 487 g/mol. The zero-order valence-corrected chi connectivity index (χ0v) is 19.9. The fraction of sp³-hybridized carbons (Fsp3) is 0.750. The Morgan fingerprint density at radius 3 is 2.21 bits per heavy atom. The maximum atomic E-state index is 13.9. The summed E-state index contributed by atoms with van der Waals surface area (Å²) in [7, 11) is 1.20. The van der Waals surface area contributed by atoms with Gasteiger partial charge >= 0.3 is 12.1 Å². The third-order valence-corrected chi connectivity index (χ3v) is 9.05. The van der Waals surface area contributed by atoms with E-state index in [2.05, 4.69) is 6.92 Å². The summed E-state index contributed by atoms with van der Waals surface area (Å²) in [6.07, 6.45) is 0.609. The van der Waals surface area contributed by atoms with E-state index in [0.717, 1.165) is 37.0 Å². The van der Waals surface area contributed by atoms with Gasteiger partial charge in [0.15, 0.2) is 0 Å². The van der Waals surface area contributed by atoms with Gasteiger partial charge in [-0.3, -0.25) is 4.79 Å². The normalized spacial score (nSPS) is 29.4. The molecule has 0 atom stereocenters. The van der Waals surface area contributed by atoms with Crippen LogP contribution in [-0.2, 0) is 14.9 Å². The Kier molecular flexibility index (Phi) is 6.84. The van der Waals surface area contributed by atoms with Crippen molar-refractivity contribution in [3.63, 3.8) is 0 Å². The molecule has 4 rings (SSSR count). The summed E-state index contributed by atoms with van der Waals surface area (Å²) in [6, 6.07) is 1.17. The summed E-state index contributed by atoms with van der Waals surface area (Å²) in [4.78, 5) is 28.2. The first-order valence-corrected chi connectivity index (χ1v) is 12.7. The summed E-state index contributed by atoms with van der Waals surface area (Å²) in [5, 5.41) is 9.98. The molecule has 0 aromatic carbocycles. The van der Waals surface area contributed by atoms with Gasteiger partial charge in [-0.15, -0.1) is 11.3 Å². The molecule has 5 nitrogen and oxygen atoms in total. The molecular formula is C24H32F3NO4S. The number of hydrogen-bond acceptors (Lipinski definition) is 5. The van der Waals surface area contributed by atoms with Crippen LogP contribution in [0.15, 0.2) is 6.07 Å². The highest BCUT2D eigenvalue weighted by molar-refractivity contribution is 7.14. The predicted molar refractivity (Wildman–Crippen MR) is 119 cm³/mol. The molecule has 3 aliphatic rings. The van der Waals surface area contributed by atoms with E-state index in [1.54, 1.807) is 4.90 Å². The zero-order chi connectivity index (χ0) is 24.0. The Bertz CT molecular complexity index is 879. The quantitative estimate of drug-likeness (QED) is 0.550. The van der Waals surface area contributed by atoms with Crippen LogP contribution in [0.5, 0.6) is 0 Å². The number of halogens is 3. The van der Waals surface area contributed by atoms with Gasteiger partial charge in [0.1, 0.15) is 10.3 Å². The minimum absolute atomic E-state index is 0.0128. The van der Waals surface area contributed by atoms with Crippen molar-refractivity contribution in [1.82, 2.24) is 0 Å². The number of aliphatic hydroxyl groups excluding tert-OH is 1. The van der Waals surface area contributed by atoms with E-state index >= 15 is 0 Å². The average molecular weight is 488 g/mol. The van der Waals surface area contributed by atoms with Crippen molar-refractivity contribution in [2.75, 3.05) is 12.0 Å². The van der Waals surface area contributed by atoms with E-state index in [-0.39, 0.29) is 46.2 Å². The summed E-state index contributed by atoms with van der Waals surface area (Å²) < 4.78 is 46.5. The largest absolute Gasteiger partial charge is 0.465 e. The van der Waals surface area contributed by atoms with Crippen LogP contribution in [0, 0.1) is 11.8 Å². The van der Waals surface area contributed by atoms with Crippen molar-refractivity contribution in [1.29, 1.82) is 0 Å². The molecule has 0 unspecified atom stereocenters. The van der Waals surface area contributed by atoms with Crippen LogP contribution < -0.4 is 4.90 Å². The number of rotatable bonds is 5. The molecule has 0 saturated heterocycles. The molecule has 1 heterocycles. The fourth-order valence-corrected chi connectivity index (χ4v) is 6.68. The molecule has 3 saturated carbocycles. The second-order valence-electron chi connectivity index (χ2n) is 10.0. The Balaban J connectivity index is 1.75. The average Bonchev–Trinajstić information content (AvgIpc) is 3.50. The third-order valence-electron chi connectivity index (χ3n) is 7.74. The number of nitrogens with zero attached hydrogens (tertiary/aromatic N) is 1. The summed E-state index contributed by atoms with van der Waals surface area (Å²) in [5.74, 6) is -0.494. The molecule has 9 heteroatoms. The SMILES string of the molecule is COC(=O)c1sc(C2(C(F)(F)F)CC2)cc1N(C(=O)C1CCC(C)CC1)C1CCC(O)CC1. The Hall–Kier alpha value is -1.61. The number of amides is 1. The first kappa shape index (κ1) is 24.5. The number of aliphatic hydroxyl groups is 1. The van der Waals surface area contributed by atoms with E-state index in [0.29, 0.717) is 31.6 Å². The fourth-order valence-electron chi connectivity index (χ4n) is 5.35. The summed E-state index contributed by atoms with van der Waals surface area (Å²) in [6.45, 7) is 2.16. The molecule has 1 amide bonds. The van der Waals surface area contributed by atoms with E-state index in [1.807, 2.05) is 0 Å². The molecule has 3 fully saturated rings. The van der Waals surface area contributed by atoms with E-state index < -0.39 is 23.7 Å². The maximum Gasteiger partial charge on any atom is 0.399 e. The second kappa shape index (κ2) is 9.21. The number of hydrogen-bond donors (Lipinski definition) is 1. The molecular weight excluding hydrogens is 455 g/mol. The molecule has 0 aliphatic heterocycles. The van der Waals surface area contributed by atoms with Crippen LogP contribution in [0.2, 0.25) is 0 Å². The number of anilines is 1. The minimum Gasteiger partial charge on any atom is -0.465 e. The number of carbonyl (C=O) groups excluding carboxylic acids is 2. The maximum absolute atomic E-state index is 13.9. The lowest BCUT2D eigenvalue weighted by Crippen LogP contribution is -2.47. The standard InChI is InChI=1S/C24H32F3NO4S/c1-14-3-5-15(6-4-14)21(30)28(16-7-9-17(29)10-8-16)18-13-19(33-20(18)22(31)32-2)23(11-12-23)24(25,26)27/h13-17,29H,3-12H2,1-2H3. The van der Waals surface area contributed by atoms with Crippen molar-refractivity contribution < 1.29 is 32.6 Å². The van der Waals surface area contributed by atoms with Crippen molar-refractivity contribution in [2.24, 2.45) is 11.8 Å². The topological polar surface area (TPSA) is 66.8 Å². The number of alkyl halides is 3. The van der Waals surface area contributed by atoms with E-state index in [1.165, 1.54) is 13.2 Å². The van der Waals surface area contributed by atoms with Crippen molar-refractivity contribution in [2.45, 2.75) is 94.9 Å². The lowest BCUT2D eigenvalue weighted by Gasteiger charge is -2.39. The number of methoxy groups -OCH3 is 1. The first-order chi connectivity index (χ1) is 15.6. The molecule has 0 bridgehead atoms.